The minimum atomic E-state index is -3.02. The summed E-state index contributed by atoms with van der Waals surface area (Å²) < 4.78 is 22.6. The van der Waals surface area contributed by atoms with E-state index in [1.165, 1.54) is 0 Å². The van der Waals surface area contributed by atoms with Crippen molar-refractivity contribution in [3.05, 3.63) is 0 Å². The van der Waals surface area contributed by atoms with Gasteiger partial charge < -0.3 is 5.11 Å². The van der Waals surface area contributed by atoms with E-state index in [0.717, 1.165) is 6.42 Å². The Morgan fingerprint density at radius 2 is 1.88 bits per heavy atom. The van der Waals surface area contributed by atoms with Crippen molar-refractivity contribution in [2.75, 3.05) is 11.5 Å². The quantitative estimate of drug-likeness (QED) is 0.734. The van der Waals surface area contributed by atoms with Gasteiger partial charge in [0.25, 0.3) is 0 Å². The molecule has 0 radical (unpaired) electrons. The van der Waals surface area contributed by atoms with Gasteiger partial charge in [-0.15, -0.1) is 0 Å². The van der Waals surface area contributed by atoms with Crippen LogP contribution in [0.25, 0.3) is 0 Å². The molecule has 1 aliphatic heterocycles. The first-order valence-electron chi connectivity index (χ1n) is 5.56. The van der Waals surface area contributed by atoms with E-state index in [0.29, 0.717) is 5.92 Å². The van der Waals surface area contributed by atoms with E-state index in [1.54, 1.807) is 0 Å². The Bertz CT molecular complexity index is 389. The Hall–Kier alpha value is -0.620. The van der Waals surface area contributed by atoms with Gasteiger partial charge in [-0.3, -0.25) is 10.1 Å². The van der Waals surface area contributed by atoms with E-state index >= 15 is 0 Å². The normalized spacial score (nSPS) is 35.6. The Labute approximate surface area is 95.1 Å². The molecule has 2 atom stereocenters. The van der Waals surface area contributed by atoms with Crippen LogP contribution < -0.4 is 5.32 Å². The number of rotatable bonds is 3. The highest BCUT2D eigenvalue weighted by atomic mass is 32.2. The van der Waals surface area contributed by atoms with Gasteiger partial charge in [-0.2, -0.15) is 0 Å². The summed E-state index contributed by atoms with van der Waals surface area (Å²) in [5.41, 5.74) is -1.01. The van der Waals surface area contributed by atoms with E-state index in [2.05, 4.69) is 12.2 Å². The first-order valence-corrected chi connectivity index (χ1v) is 7.38. The fraction of sp³-hybridized carbons (Fsp3) is 0.900. The predicted molar refractivity (Wildman–Crippen MR) is 59.0 cm³/mol. The maximum Gasteiger partial charge on any atom is 0.323 e. The summed E-state index contributed by atoms with van der Waals surface area (Å²) in [6.45, 7) is 2.06. The SMILES string of the molecule is CC1CC1NC1(C(=O)O)CCS(=O)(=O)CC1. The van der Waals surface area contributed by atoms with Crippen LogP contribution in [0, 0.1) is 5.92 Å². The minimum absolute atomic E-state index is 0.0204. The molecule has 2 unspecified atom stereocenters. The molecule has 0 aromatic heterocycles. The van der Waals surface area contributed by atoms with Gasteiger partial charge in [0.05, 0.1) is 11.5 Å². The summed E-state index contributed by atoms with van der Waals surface area (Å²) in [6, 6.07) is 0.247. The average molecular weight is 247 g/mol. The number of hydrogen-bond acceptors (Lipinski definition) is 4. The molecule has 16 heavy (non-hydrogen) atoms. The van der Waals surface area contributed by atoms with Crippen molar-refractivity contribution in [1.82, 2.24) is 5.32 Å². The largest absolute Gasteiger partial charge is 0.480 e. The number of carboxylic acid groups (broad SMARTS) is 1. The smallest absolute Gasteiger partial charge is 0.323 e. The molecule has 0 amide bonds. The van der Waals surface area contributed by atoms with E-state index < -0.39 is 21.3 Å². The molecule has 0 aromatic rings. The molecule has 0 aromatic carbocycles. The highest BCUT2D eigenvalue weighted by molar-refractivity contribution is 7.91. The Balaban J connectivity index is 2.09. The molecule has 2 fully saturated rings. The standard InChI is InChI=1S/C10H17NO4S/c1-7-6-8(7)11-10(9(12)13)2-4-16(14,15)5-3-10/h7-8,11H,2-6H2,1H3,(H,12,13). The molecule has 2 rings (SSSR count). The fourth-order valence-corrected chi connectivity index (χ4v) is 3.71. The Morgan fingerprint density at radius 1 is 1.38 bits per heavy atom. The molecular weight excluding hydrogens is 230 g/mol. The van der Waals surface area contributed by atoms with Crippen LogP contribution in [0.3, 0.4) is 0 Å². The van der Waals surface area contributed by atoms with Crippen molar-refractivity contribution >= 4 is 15.8 Å². The van der Waals surface area contributed by atoms with Gasteiger partial charge in [0.2, 0.25) is 0 Å². The molecule has 1 saturated heterocycles. The topological polar surface area (TPSA) is 83.5 Å². The third kappa shape index (κ3) is 2.22. The second kappa shape index (κ2) is 3.70. The maximum absolute atomic E-state index is 11.3. The van der Waals surface area contributed by atoms with E-state index in [4.69, 9.17) is 0 Å². The highest BCUT2D eigenvalue weighted by Crippen LogP contribution is 2.34. The van der Waals surface area contributed by atoms with E-state index in [1.807, 2.05) is 0 Å². The summed E-state index contributed by atoms with van der Waals surface area (Å²) in [5.74, 6) is -0.447. The minimum Gasteiger partial charge on any atom is -0.480 e. The third-order valence-corrected chi connectivity index (χ3v) is 5.31. The van der Waals surface area contributed by atoms with Crippen LogP contribution in [0.2, 0.25) is 0 Å². The second-order valence-electron chi connectivity index (χ2n) is 5.00. The van der Waals surface area contributed by atoms with Gasteiger partial charge in [-0.25, -0.2) is 8.42 Å². The molecule has 0 bridgehead atoms. The van der Waals surface area contributed by atoms with Gasteiger partial charge in [-0.05, 0) is 25.2 Å². The molecule has 1 aliphatic carbocycles. The van der Waals surface area contributed by atoms with E-state index in [9.17, 15) is 18.3 Å². The first-order chi connectivity index (χ1) is 7.35. The van der Waals surface area contributed by atoms with Gasteiger partial charge in [0, 0.05) is 6.04 Å². The Kier molecular flexibility index (Phi) is 2.74. The van der Waals surface area contributed by atoms with Crippen LogP contribution in [0.5, 0.6) is 0 Å². The van der Waals surface area contributed by atoms with Crippen LogP contribution >= 0.6 is 0 Å². The molecule has 2 aliphatic rings. The monoisotopic (exact) mass is 247 g/mol. The summed E-state index contributed by atoms with van der Waals surface area (Å²) in [4.78, 5) is 11.3. The van der Waals surface area contributed by atoms with Gasteiger partial charge in [-0.1, -0.05) is 6.92 Å². The maximum atomic E-state index is 11.3. The summed E-state index contributed by atoms with van der Waals surface area (Å²) in [6.07, 6.45) is 1.36. The van der Waals surface area contributed by atoms with Crippen LogP contribution in [-0.2, 0) is 14.6 Å². The average Bonchev–Trinajstić information content (AvgIpc) is 2.86. The van der Waals surface area contributed by atoms with Crippen LogP contribution in [0.1, 0.15) is 26.2 Å². The van der Waals surface area contributed by atoms with Crippen molar-refractivity contribution in [2.45, 2.75) is 37.8 Å². The van der Waals surface area contributed by atoms with Gasteiger partial charge >= 0.3 is 5.97 Å². The molecule has 6 heteroatoms. The zero-order chi connectivity index (χ0) is 12.0. The number of aliphatic carboxylic acids is 1. The summed E-state index contributed by atoms with van der Waals surface area (Å²) >= 11 is 0. The van der Waals surface area contributed by atoms with Crippen molar-refractivity contribution in [2.24, 2.45) is 5.92 Å². The molecule has 1 saturated carbocycles. The highest BCUT2D eigenvalue weighted by Gasteiger charge is 2.48. The number of nitrogens with one attached hydrogen (secondary N) is 1. The molecule has 0 spiro atoms. The van der Waals surface area contributed by atoms with Gasteiger partial charge in [0.1, 0.15) is 15.4 Å². The van der Waals surface area contributed by atoms with Gasteiger partial charge in [0.15, 0.2) is 0 Å². The van der Waals surface area contributed by atoms with Crippen molar-refractivity contribution in [3.8, 4) is 0 Å². The van der Waals surface area contributed by atoms with Crippen molar-refractivity contribution < 1.29 is 18.3 Å². The third-order valence-electron chi connectivity index (χ3n) is 3.66. The molecule has 5 nitrogen and oxygen atoms in total. The van der Waals surface area contributed by atoms with Crippen LogP contribution in [-0.4, -0.2) is 42.6 Å². The van der Waals surface area contributed by atoms with Crippen LogP contribution in [0.4, 0.5) is 0 Å². The lowest BCUT2D eigenvalue weighted by molar-refractivity contribution is -0.145. The fourth-order valence-electron chi connectivity index (χ4n) is 2.18. The van der Waals surface area contributed by atoms with Crippen molar-refractivity contribution in [3.63, 3.8) is 0 Å². The van der Waals surface area contributed by atoms with Crippen LogP contribution in [0.15, 0.2) is 0 Å². The zero-order valence-corrected chi connectivity index (χ0v) is 10.1. The predicted octanol–water partition coefficient (Wildman–Crippen LogP) is 0.0164. The number of carbonyl (C=O) groups is 1. The molecule has 2 N–H and O–H groups in total. The second-order valence-corrected chi connectivity index (χ2v) is 7.31. The number of carboxylic acids is 1. The number of hydrogen-bond donors (Lipinski definition) is 2. The van der Waals surface area contributed by atoms with E-state index in [-0.39, 0.29) is 30.4 Å². The number of sulfone groups is 1. The first kappa shape index (κ1) is 11.9. The zero-order valence-electron chi connectivity index (χ0n) is 9.27. The lowest BCUT2D eigenvalue weighted by atomic mass is 9.92. The molecule has 92 valence electrons. The molecular formula is C10H17NO4S. The summed E-state index contributed by atoms with van der Waals surface area (Å²) in [5, 5.41) is 12.4. The lowest BCUT2D eigenvalue weighted by Crippen LogP contribution is -2.57. The molecule has 1 heterocycles. The van der Waals surface area contributed by atoms with Crippen molar-refractivity contribution in [1.29, 1.82) is 0 Å². The Morgan fingerprint density at radius 3 is 2.25 bits per heavy atom. The lowest BCUT2D eigenvalue weighted by Gasteiger charge is -2.34. The summed E-state index contributed by atoms with van der Waals surface area (Å²) in [7, 11) is -3.02.